The van der Waals surface area contributed by atoms with E-state index in [0.717, 1.165) is 0 Å². The van der Waals surface area contributed by atoms with Crippen molar-refractivity contribution in [2.24, 2.45) is 0 Å². The van der Waals surface area contributed by atoms with Gasteiger partial charge in [-0.3, -0.25) is 0 Å². The van der Waals surface area contributed by atoms with Crippen molar-refractivity contribution >= 4 is 791 Å². The Bertz CT molecular complexity index is 1290. The van der Waals surface area contributed by atoms with E-state index in [1.54, 1.807) is 0 Å². The van der Waals surface area contributed by atoms with Crippen LogP contribution in [0.1, 0.15) is 0 Å². The van der Waals surface area contributed by atoms with Crippen LogP contribution < -0.4 is 0 Å². The van der Waals surface area contributed by atoms with Crippen LogP contribution in [0.3, 0.4) is 0 Å². The predicted octanol–water partition coefficient (Wildman–Crippen LogP) is 27.8. The van der Waals surface area contributed by atoms with Gasteiger partial charge >= 0.3 is 0 Å². The molecule has 0 saturated heterocycles. The molecule has 0 fully saturated rings. The lowest BCUT2D eigenvalue weighted by atomic mass is 10.0. The Balaban J connectivity index is 7.74. The minimum absolute atomic E-state index is 0.00290. The monoisotopic (exact) mass is 4650 g/mol. The van der Waals surface area contributed by atoms with Gasteiger partial charge < -0.3 is 0 Å². The SMILES string of the molecule is I[C](I)C(I)(I)C(I)(I)C(I)(I)C(I)(I)C(I)(I)C(I)(I)C(I)(I)C(I)(I)C(I)(I)C(I)(I)C(I)(I)C(I)(I)C(I)(I)C(I)(I)C(I)(I)C(I)(I)I. The van der Waals surface area contributed by atoms with Crippen molar-refractivity contribution in [1.82, 2.24) is 0 Å². The van der Waals surface area contributed by atoms with Crippen LogP contribution in [0.25, 0.3) is 0 Å². The molecule has 0 heterocycles. The second-order valence-corrected chi connectivity index (χ2v) is 104. The Kier molecular flexibility index (Phi) is 42.0. The molecular formula is C17I35. The smallest absolute Gasteiger partial charge is 0.0623 e. The lowest BCUT2D eigenvalue weighted by Crippen LogP contribution is -2.73. The normalized spacial score (nSPS) is 17.3. The van der Waals surface area contributed by atoms with Gasteiger partial charge in [-0.15, -0.1) is 0 Å². The fraction of sp³-hybridized carbons (Fsp3) is 0.941. The summed E-state index contributed by atoms with van der Waals surface area (Å²) in [4.78, 5) is 0. The number of halogens is 35. The van der Waals surface area contributed by atoms with Crippen molar-refractivity contribution in [3.05, 3.63) is 1.93 Å². The van der Waals surface area contributed by atoms with Crippen molar-refractivity contribution in [3.63, 3.8) is 0 Å². The van der Waals surface area contributed by atoms with E-state index in [2.05, 4.69) is 791 Å². The van der Waals surface area contributed by atoms with E-state index >= 15 is 0 Å². The van der Waals surface area contributed by atoms with Crippen molar-refractivity contribution in [1.29, 1.82) is 0 Å². The molecule has 1 radical (unpaired) electrons. The molecule has 0 amide bonds. The summed E-state index contributed by atoms with van der Waals surface area (Å²) in [6.45, 7) is 0. The number of alkyl halides is 33. The van der Waals surface area contributed by atoms with Gasteiger partial charge in [-0.1, -0.05) is 791 Å². The van der Waals surface area contributed by atoms with Gasteiger partial charge in [0.25, 0.3) is 0 Å². The lowest BCUT2D eigenvalue weighted by Gasteiger charge is -2.62. The zero-order valence-corrected chi connectivity index (χ0v) is 97.2. The molecule has 0 rings (SSSR count). The number of hydrogen-bond acceptors (Lipinski definition) is 0. The average Bonchev–Trinajstić information content (AvgIpc) is 2.90. The van der Waals surface area contributed by atoms with Gasteiger partial charge in [0.15, 0.2) is 0 Å². The standard InChI is InChI=1S/C17I35/c18-1(19)2(20,21)3(22,23)4(24,25)5(26,27)6(28,29)7(30,31)8(32,33)9(34,35)10(36,37)11(38,39)12(40,41)13(42,43)14(44,45)15(46,47)16(48,49)17(50,51)52. The van der Waals surface area contributed by atoms with Crippen molar-refractivity contribution in [2.75, 3.05) is 0 Å². The third-order valence-corrected chi connectivity index (χ3v) is 126. The Morgan fingerprint density at radius 2 is 0.288 bits per heavy atom. The first-order valence-electron chi connectivity index (χ1n) is 10.6. The van der Waals surface area contributed by atoms with Gasteiger partial charge in [0.2, 0.25) is 0 Å². The molecule has 35 heteroatoms. The third-order valence-electron chi connectivity index (χ3n) is 6.11. The highest BCUT2D eigenvalue weighted by atomic mass is 127. The maximum Gasteiger partial charge on any atom is 0.149 e. The van der Waals surface area contributed by atoms with Gasteiger partial charge in [-0.05, 0) is 0 Å². The zero-order valence-electron chi connectivity index (χ0n) is 21.7. The molecule has 0 bridgehead atoms. The fourth-order valence-electron chi connectivity index (χ4n) is 2.86. The summed E-state index contributed by atoms with van der Waals surface area (Å²) >= 11 is 97.2. The van der Waals surface area contributed by atoms with Crippen molar-refractivity contribution in [3.8, 4) is 0 Å². The highest BCUT2D eigenvalue weighted by molar-refractivity contribution is 14.3. The zero-order chi connectivity index (χ0) is 43.6. The van der Waals surface area contributed by atoms with E-state index in [9.17, 15) is 0 Å². The van der Waals surface area contributed by atoms with Gasteiger partial charge in [0.05, 0.1) is 0 Å². The fourth-order valence-corrected chi connectivity index (χ4v) is 59.3. The van der Waals surface area contributed by atoms with Crippen LogP contribution in [0.15, 0.2) is 0 Å². The van der Waals surface area contributed by atoms with E-state index in [1.165, 1.54) is 1.93 Å². The summed E-state index contributed by atoms with van der Waals surface area (Å²) in [5, 5.41) is 0. The van der Waals surface area contributed by atoms with Gasteiger partial charge in [0.1, 0.15) is 22.8 Å². The van der Waals surface area contributed by atoms with Crippen LogP contribution in [-0.2, 0) is 0 Å². The molecule has 0 atom stereocenters. The third kappa shape index (κ3) is 15.1. The average molecular weight is 4650 g/mol. The quantitative estimate of drug-likeness (QED) is 0.107. The first kappa shape index (κ1) is 77.6. The van der Waals surface area contributed by atoms with Gasteiger partial charge in [0, 0.05) is 0 Å². The Morgan fingerprint density at radius 1 is 0.173 bits per heavy atom. The summed E-state index contributed by atoms with van der Waals surface area (Å²) in [5.41, 5.74) is 0. The van der Waals surface area contributed by atoms with Crippen molar-refractivity contribution in [2.45, 2.75) is 20.9 Å². The Hall–Kier alpha value is 25.6. The molecule has 0 aliphatic rings. The van der Waals surface area contributed by atoms with Crippen LogP contribution in [-0.4, -0.2) is 20.9 Å². The van der Waals surface area contributed by atoms with Crippen LogP contribution in [0.2, 0.25) is 0 Å². The molecular weight excluding hydrogens is 4650 g/mol. The highest BCUT2D eigenvalue weighted by Crippen LogP contribution is 2.85. The van der Waals surface area contributed by atoms with Crippen molar-refractivity contribution < 1.29 is 0 Å². The molecule has 0 nitrogen and oxygen atoms in total. The molecule has 0 unspecified atom stereocenters. The minimum Gasteiger partial charge on any atom is -0.0623 e. The summed E-state index contributed by atoms with van der Waals surface area (Å²) < 4.78 is -1.35. The molecule has 0 aliphatic carbocycles. The molecule has 313 valence electrons. The number of hydrogen-bond donors (Lipinski definition) is 0. The molecule has 52 heavy (non-hydrogen) atoms. The highest BCUT2D eigenvalue weighted by Gasteiger charge is 2.83. The summed E-state index contributed by atoms with van der Waals surface area (Å²) in [6, 6.07) is 0. The first-order chi connectivity index (χ1) is 21.7. The van der Waals surface area contributed by atoms with E-state index in [0.29, 0.717) is 0 Å². The molecule has 0 aliphatic heterocycles. The molecule has 0 aromatic carbocycles. The Morgan fingerprint density at radius 3 is 0.404 bits per heavy atom. The second-order valence-electron chi connectivity index (χ2n) is 9.37. The summed E-state index contributed by atoms with van der Waals surface area (Å²) in [5.74, 6) is 0. The van der Waals surface area contributed by atoms with E-state index in [-0.39, 0.29) is 20.9 Å². The topological polar surface area (TPSA) is 0 Å². The lowest BCUT2D eigenvalue weighted by molar-refractivity contribution is 0.614. The van der Waals surface area contributed by atoms with E-state index in [1.807, 2.05) is 0 Å². The number of rotatable bonds is 16. The molecule has 0 saturated carbocycles. The van der Waals surface area contributed by atoms with E-state index < -0.39 is 0 Å². The molecule has 0 aromatic heterocycles. The maximum atomic E-state index is 2.85. The predicted molar refractivity (Wildman–Crippen MR) is 538 cm³/mol. The van der Waals surface area contributed by atoms with Crippen LogP contribution in [0.4, 0.5) is 0 Å². The van der Waals surface area contributed by atoms with Gasteiger partial charge in [-0.25, -0.2) is 0 Å². The largest absolute Gasteiger partial charge is 0.149 e. The molecule has 0 aromatic rings. The van der Waals surface area contributed by atoms with Crippen LogP contribution in [0, 0.1) is 1.93 Å². The van der Waals surface area contributed by atoms with Crippen LogP contribution >= 0.6 is 791 Å². The molecule has 0 spiro atoms. The Labute approximate surface area is 785 Å². The maximum absolute atomic E-state index is 2.85. The minimum atomic E-state index is -0.242. The van der Waals surface area contributed by atoms with Crippen LogP contribution in [0.5, 0.6) is 0 Å². The van der Waals surface area contributed by atoms with Gasteiger partial charge in [-0.2, -0.15) is 0 Å². The van der Waals surface area contributed by atoms with E-state index in [4.69, 9.17) is 0 Å². The first-order valence-corrected chi connectivity index (χ1v) is 48.4. The molecule has 0 N–H and O–H groups in total. The second kappa shape index (κ2) is 28.2. The summed E-state index contributed by atoms with van der Waals surface area (Å²) in [6.07, 6.45) is 0. The summed E-state index contributed by atoms with van der Waals surface area (Å²) in [7, 11) is 0.